The first kappa shape index (κ1) is 24.7. The molecule has 0 aromatic heterocycles. The summed E-state index contributed by atoms with van der Waals surface area (Å²) in [6.45, 7) is 2.89. The molecular weight excluding hydrogens is 378 g/mol. The molecule has 0 saturated heterocycles. The third-order valence-corrected chi connectivity index (χ3v) is 3.89. The molecule has 8 N–H and O–H groups in total. The number of amides is 4. The van der Waals surface area contributed by atoms with Crippen LogP contribution in [0.2, 0.25) is 0 Å². The van der Waals surface area contributed by atoms with E-state index < -0.39 is 54.3 Å². The maximum atomic E-state index is 12.3. The van der Waals surface area contributed by atoms with Crippen LogP contribution >= 0.6 is 12.6 Å². The molecule has 27 heavy (non-hydrogen) atoms. The van der Waals surface area contributed by atoms with Gasteiger partial charge >= 0.3 is 5.97 Å². The first-order valence-corrected chi connectivity index (χ1v) is 8.87. The average molecular weight is 405 g/mol. The van der Waals surface area contributed by atoms with Crippen LogP contribution in [0.1, 0.15) is 26.7 Å². The minimum atomic E-state index is -1.25. The highest BCUT2D eigenvalue weighted by atomic mass is 32.1. The molecular formula is C15H27N5O6S. The second-order valence-electron chi connectivity index (χ2n) is 6.20. The molecule has 0 saturated carbocycles. The summed E-state index contributed by atoms with van der Waals surface area (Å²) in [5, 5.41) is 15.8. The molecule has 0 fully saturated rings. The lowest BCUT2D eigenvalue weighted by Crippen LogP contribution is -2.55. The van der Waals surface area contributed by atoms with Crippen LogP contribution in [0.25, 0.3) is 0 Å². The van der Waals surface area contributed by atoms with E-state index in [1.165, 1.54) is 0 Å². The molecule has 0 aromatic rings. The Balaban J connectivity index is 4.67. The summed E-state index contributed by atoms with van der Waals surface area (Å²) < 4.78 is 0. The highest BCUT2D eigenvalue weighted by molar-refractivity contribution is 7.80. The number of carboxylic acid groups (broad SMARTS) is 1. The van der Waals surface area contributed by atoms with Crippen LogP contribution in [0.3, 0.4) is 0 Å². The summed E-state index contributed by atoms with van der Waals surface area (Å²) in [5.74, 6) is -4.24. The van der Waals surface area contributed by atoms with Gasteiger partial charge in [-0.05, 0) is 12.3 Å². The number of carbonyl (C=O) groups excluding carboxylic acids is 4. The fourth-order valence-electron chi connectivity index (χ4n) is 1.93. The standard InChI is InChI=1S/C15H27N5O6S/c1-7(2)12(20-13(23)8(16)3-4-10(17)21)14(24)18-5-11(22)19-9(6-27)15(25)26/h7-9,12,27H,3-6,16H2,1-2H3,(H2,17,21)(H,18,24)(H,19,22)(H,20,23)(H,25,26). The maximum Gasteiger partial charge on any atom is 0.327 e. The van der Waals surface area contributed by atoms with Gasteiger partial charge in [-0.2, -0.15) is 12.6 Å². The fourth-order valence-corrected chi connectivity index (χ4v) is 2.18. The lowest BCUT2D eigenvalue weighted by Gasteiger charge is -2.23. The molecule has 3 atom stereocenters. The van der Waals surface area contributed by atoms with E-state index in [1.54, 1.807) is 13.8 Å². The molecule has 0 aliphatic heterocycles. The lowest BCUT2D eigenvalue weighted by molar-refractivity contribution is -0.141. The summed E-state index contributed by atoms with van der Waals surface area (Å²) in [6.07, 6.45) is -0.0283. The first-order chi connectivity index (χ1) is 12.5. The van der Waals surface area contributed by atoms with Gasteiger partial charge in [-0.25, -0.2) is 4.79 Å². The fraction of sp³-hybridized carbons (Fsp3) is 0.667. The smallest absolute Gasteiger partial charge is 0.327 e. The zero-order chi connectivity index (χ0) is 21.1. The number of nitrogens with one attached hydrogen (secondary N) is 3. The Morgan fingerprint density at radius 3 is 2.11 bits per heavy atom. The molecule has 0 rings (SSSR count). The topological polar surface area (TPSA) is 194 Å². The van der Waals surface area contributed by atoms with Crippen LogP contribution in [0, 0.1) is 5.92 Å². The van der Waals surface area contributed by atoms with Crippen molar-refractivity contribution in [2.24, 2.45) is 17.4 Å². The molecule has 0 aromatic carbocycles. The molecule has 0 radical (unpaired) electrons. The van der Waals surface area contributed by atoms with Gasteiger partial charge in [-0.15, -0.1) is 0 Å². The number of primary amides is 1. The molecule has 0 spiro atoms. The Morgan fingerprint density at radius 2 is 1.67 bits per heavy atom. The van der Waals surface area contributed by atoms with Gasteiger partial charge in [0.2, 0.25) is 23.6 Å². The number of thiol groups is 1. The second kappa shape index (κ2) is 12.1. The van der Waals surface area contributed by atoms with Crippen molar-refractivity contribution in [3.05, 3.63) is 0 Å². The predicted molar refractivity (Wildman–Crippen MR) is 99.6 cm³/mol. The minimum absolute atomic E-state index is 0.0380. The van der Waals surface area contributed by atoms with Gasteiger partial charge in [-0.1, -0.05) is 13.8 Å². The average Bonchev–Trinajstić information content (AvgIpc) is 2.58. The van der Waals surface area contributed by atoms with E-state index in [2.05, 4.69) is 28.6 Å². The summed E-state index contributed by atoms with van der Waals surface area (Å²) in [4.78, 5) is 57.6. The van der Waals surface area contributed by atoms with Crippen molar-refractivity contribution >= 4 is 42.2 Å². The van der Waals surface area contributed by atoms with Crippen molar-refractivity contribution in [1.82, 2.24) is 16.0 Å². The summed E-state index contributed by atoms with van der Waals surface area (Å²) in [5.41, 5.74) is 10.7. The molecule has 4 amide bonds. The Morgan fingerprint density at radius 1 is 1.07 bits per heavy atom. The Kier molecular flexibility index (Phi) is 11.1. The molecule has 154 valence electrons. The molecule has 11 nitrogen and oxygen atoms in total. The van der Waals surface area contributed by atoms with Crippen LogP contribution in [0.15, 0.2) is 0 Å². The number of hydrogen-bond acceptors (Lipinski definition) is 7. The van der Waals surface area contributed by atoms with Crippen LogP contribution in [-0.2, 0) is 24.0 Å². The number of nitrogens with two attached hydrogens (primary N) is 2. The van der Waals surface area contributed by atoms with Gasteiger partial charge in [0.15, 0.2) is 0 Å². The van der Waals surface area contributed by atoms with Crippen molar-refractivity contribution in [1.29, 1.82) is 0 Å². The number of aliphatic carboxylic acids is 1. The SMILES string of the molecule is CC(C)C(NC(=O)C(N)CCC(N)=O)C(=O)NCC(=O)NC(CS)C(=O)O. The van der Waals surface area contributed by atoms with Crippen LogP contribution in [0.5, 0.6) is 0 Å². The van der Waals surface area contributed by atoms with Crippen molar-refractivity contribution in [2.75, 3.05) is 12.3 Å². The second-order valence-corrected chi connectivity index (χ2v) is 6.57. The minimum Gasteiger partial charge on any atom is -0.480 e. The van der Waals surface area contributed by atoms with Gasteiger partial charge in [0.05, 0.1) is 12.6 Å². The summed E-state index contributed by atoms with van der Waals surface area (Å²) in [7, 11) is 0. The van der Waals surface area contributed by atoms with Crippen LogP contribution in [0.4, 0.5) is 0 Å². The molecule has 3 unspecified atom stereocenters. The van der Waals surface area contributed by atoms with E-state index in [0.717, 1.165) is 0 Å². The Labute approximate surface area is 162 Å². The van der Waals surface area contributed by atoms with E-state index >= 15 is 0 Å². The third-order valence-electron chi connectivity index (χ3n) is 3.52. The number of carbonyl (C=O) groups is 5. The molecule has 0 aliphatic carbocycles. The van der Waals surface area contributed by atoms with E-state index in [1.807, 2.05) is 0 Å². The zero-order valence-electron chi connectivity index (χ0n) is 15.2. The zero-order valence-corrected chi connectivity index (χ0v) is 16.1. The summed E-state index contributed by atoms with van der Waals surface area (Å²) in [6, 6.07) is -3.16. The van der Waals surface area contributed by atoms with Gasteiger partial charge in [-0.3, -0.25) is 19.2 Å². The van der Waals surface area contributed by atoms with E-state index in [4.69, 9.17) is 16.6 Å². The van der Waals surface area contributed by atoms with Crippen LogP contribution in [-0.4, -0.2) is 65.1 Å². The van der Waals surface area contributed by atoms with Crippen molar-refractivity contribution in [2.45, 2.75) is 44.8 Å². The lowest BCUT2D eigenvalue weighted by atomic mass is 10.0. The molecule has 0 aliphatic rings. The van der Waals surface area contributed by atoms with Gasteiger partial charge < -0.3 is 32.5 Å². The van der Waals surface area contributed by atoms with E-state index in [-0.39, 0.29) is 24.5 Å². The largest absolute Gasteiger partial charge is 0.480 e. The van der Waals surface area contributed by atoms with Gasteiger partial charge in [0.25, 0.3) is 0 Å². The van der Waals surface area contributed by atoms with E-state index in [0.29, 0.717) is 0 Å². The van der Waals surface area contributed by atoms with Gasteiger partial charge in [0.1, 0.15) is 12.1 Å². The Hall–Kier alpha value is -2.34. The summed E-state index contributed by atoms with van der Waals surface area (Å²) >= 11 is 3.81. The maximum absolute atomic E-state index is 12.3. The normalized spacial score (nSPS) is 14.0. The van der Waals surface area contributed by atoms with E-state index in [9.17, 15) is 24.0 Å². The van der Waals surface area contributed by atoms with Gasteiger partial charge in [0, 0.05) is 12.2 Å². The highest BCUT2D eigenvalue weighted by Gasteiger charge is 2.27. The van der Waals surface area contributed by atoms with Crippen LogP contribution < -0.4 is 27.4 Å². The number of rotatable bonds is 12. The quantitative estimate of drug-likeness (QED) is 0.172. The number of carboxylic acids is 1. The van der Waals surface area contributed by atoms with Crippen molar-refractivity contribution in [3.8, 4) is 0 Å². The molecule has 0 heterocycles. The third kappa shape index (κ3) is 9.80. The number of hydrogen-bond donors (Lipinski definition) is 7. The monoisotopic (exact) mass is 405 g/mol. The molecule has 12 heteroatoms. The Bertz CT molecular complexity index is 571. The molecule has 0 bridgehead atoms. The van der Waals surface area contributed by atoms with Crippen molar-refractivity contribution < 1.29 is 29.1 Å². The first-order valence-electron chi connectivity index (χ1n) is 8.24. The predicted octanol–water partition coefficient (Wildman–Crippen LogP) is -2.66. The highest BCUT2D eigenvalue weighted by Crippen LogP contribution is 2.03. The van der Waals surface area contributed by atoms with Crippen molar-refractivity contribution in [3.63, 3.8) is 0 Å².